The number of esters is 1. The van der Waals surface area contributed by atoms with Gasteiger partial charge in [0.05, 0.1) is 5.56 Å². The molecule has 0 radical (unpaired) electrons. The molecule has 4 aliphatic rings. The van der Waals surface area contributed by atoms with E-state index in [0.29, 0.717) is 5.56 Å². The highest BCUT2D eigenvalue weighted by atomic mass is 127. The third kappa shape index (κ3) is 2.94. The monoisotopic (exact) mass is 424 g/mol. The number of benzene rings is 1. The van der Waals surface area contributed by atoms with Gasteiger partial charge < -0.3 is 4.74 Å². The van der Waals surface area contributed by atoms with E-state index in [4.69, 9.17) is 4.74 Å². The predicted octanol–water partition coefficient (Wildman–Crippen LogP) is 4.23. The van der Waals surface area contributed by atoms with E-state index in [1.807, 2.05) is 12.1 Å². The van der Waals surface area contributed by atoms with Gasteiger partial charge in [-0.25, -0.2) is 4.79 Å². The summed E-state index contributed by atoms with van der Waals surface area (Å²) in [7, 11) is 0. The van der Waals surface area contributed by atoms with Gasteiger partial charge in [-0.2, -0.15) is 0 Å². The van der Waals surface area contributed by atoms with Gasteiger partial charge in [0, 0.05) is 8.99 Å². The Morgan fingerprint density at radius 2 is 1.70 bits per heavy atom. The Balaban J connectivity index is 1.41. The normalized spacial score (nSPS) is 34.4. The Morgan fingerprint density at radius 3 is 2.26 bits per heavy atom. The summed E-state index contributed by atoms with van der Waals surface area (Å²) in [5.41, 5.74) is 0.343. The fourth-order valence-electron chi connectivity index (χ4n) is 5.44. The van der Waals surface area contributed by atoms with Crippen LogP contribution in [0.2, 0.25) is 0 Å². The second-order valence-corrected chi connectivity index (χ2v) is 8.95. The fourth-order valence-corrected chi connectivity index (χ4v) is 5.98. The molecule has 4 heteroatoms. The van der Waals surface area contributed by atoms with Gasteiger partial charge in [-0.05, 0) is 97.1 Å². The van der Waals surface area contributed by atoms with E-state index in [2.05, 4.69) is 22.6 Å². The first-order valence-corrected chi connectivity index (χ1v) is 9.58. The zero-order valence-electron chi connectivity index (χ0n) is 13.1. The lowest BCUT2D eigenvalue weighted by Crippen LogP contribution is -2.51. The highest BCUT2D eigenvalue weighted by Crippen LogP contribution is 2.60. The second kappa shape index (κ2) is 5.87. The summed E-state index contributed by atoms with van der Waals surface area (Å²) in [6.45, 7) is -0.0591. The van der Waals surface area contributed by atoms with Crippen molar-refractivity contribution < 1.29 is 14.3 Å². The average Bonchev–Trinajstić information content (AvgIpc) is 2.51. The summed E-state index contributed by atoms with van der Waals surface area (Å²) in [4.78, 5) is 25.0. The molecule has 1 aromatic rings. The maximum Gasteiger partial charge on any atom is 0.338 e. The summed E-state index contributed by atoms with van der Waals surface area (Å²) in [6.07, 6.45) is 7.02. The largest absolute Gasteiger partial charge is 0.454 e. The van der Waals surface area contributed by atoms with Gasteiger partial charge in [0.2, 0.25) is 0 Å². The van der Waals surface area contributed by atoms with Crippen molar-refractivity contribution >= 4 is 34.3 Å². The second-order valence-electron chi connectivity index (χ2n) is 7.71. The van der Waals surface area contributed by atoms with Crippen LogP contribution >= 0.6 is 22.6 Å². The van der Waals surface area contributed by atoms with Crippen molar-refractivity contribution in [3.8, 4) is 0 Å². The molecule has 0 amide bonds. The Hall–Kier alpha value is -0.910. The summed E-state index contributed by atoms with van der Waals surface area (Å²) >= 11 is 2.17. The van der Waals surface area contributed by atoms with Gasteiger partial charge in [0.25, 0.3) is 0 Å². The zero-order valence-corrected chi connectivity index (χ0v) is 15.3. The summed E-state index contributed by atoms with van der Waals surface area (Å²) in [6, 6.07) is 7.29. The lowest BCUT2D eigenvalue weighted by Gasteiger charge is -2.55. The van der Waals surface area contributed by atoms with Crippen LogP contribution in [0.15, 0.2) is 24.3 Å². The average molecular weight is 424 g/mol. The number of halogens is 1. The molecule has 4 aliphatic carbocycles. The highest BCUT2D eigenvalue weighted by Gasteiger charge is 2.54. The molecule has 3 nitrogen and oxygen atoms in total. The predicted molar refractivity (Wildman–Crippen MR) is 95.1 cm³/mol. The van der Waals surface area contributed by atoms with Crippen molar-refractivity contribution in [3.05, 3.63) is 33.4 Å². The van der Waals surface area contributed by atoms with Crippen LogP contribution in [0.5, 0.6) is 0 Å². The minimum Gasteiger partial charge on any atom is -0.454 e. The number of carbonyl (C=O) groups is 2. The van der Waals surface area contributed by atoms with Crippen LogP contribution in [0.3, 0.4) is 0 Å². The van der Waals surface area contributed by atoms with Crippen molar-refractivity contribution in [2.45, 2.75) is 38.5 Å². The van der Waals surface area contributed by atoms with E-state index in [9.17, 15) is 9.59 Å². The maximum atomic E-state index is 12.8. The molecule has 1 aromatic carbocycles. The van der Waals surface area contributed by atoms with Crippen LogP contribution in [0.1, 0.15) is 48.9 Å². The van der Waals surface area contributed by atoms with Gasteiger partial charge in [-0.15, -0.1) is 0 Å². The lowest BCUT2D eigenvalue weighted by atomic mass is 9.48. The molecule has 0 spiro atoms. The Labute approximate surface area is 150 Å². The molecule has 0 saturated heterocycles. The molecule has 4 fully saturated rings. The molecular weight excluding hydrogens is 403 g/mol. The Bertz CT molecular complexity index is 616. The summed E-state index contributed by atoms with van der Waals surface area (Å²) < 4.78 is 6.33. The van der Waals surface area contributed by atoms with E-state index in [1.165, 1.54) is 19.3 Å². The van der Waals surface area contributed by atoms with E-state index in [0.717, 1.165) is 40.6 Å². The third-order valence-electron chi connectivity index (χ3n) is 6.02. The number of hydrogen-bond donors (Lipinski definition) is 0. The maximum absolute atomic E-state index is 12.8. The van der Waals surface area contributed by atoms with E-state index < -0.39 is 0 Å². The molecule has 122 valence electrons. The molecule has 4 bridgehead atoms. The van der Waals surface area contributed by atoms with Crippen LogP contribution in [0, 0.1) is 26.7 Å². The van der Waals surface area contributed by atoms with E-state index >= 15 is 0 Å². The van der Waals surface area contributed by atoms with E-state index in [-0.39, 0.29) is 23.8 Å². The number of carbonyl (C=O) groups excluding carboxylic acids is 2. The van der Waals surface area contributed by atoms with Crippen molar-refractivity contribution in [1.29, 1.82) is 0 Å². The molecule has 0 heterocycles. The first kappa shape index (κ1) is 15.6. The molecule has 0 unspecified atom stereocenters. The van der Waals surface area contributed by atoms with Crippen LogP contribution in [-0.2, 0) is 9.53 Å². The number of rotatable bonds is 4. The van der Waals surface area contributed by atoms with Gasteiger partial charge in [0.1, 0.15) is 0 Å². The minimum atomic E-state index is -0.387. The first-order valence-electron chi connectivity index (χ1n) is 8.50. The third-order valence-corrected chi connectivity index (χ3v) is 6.70. The number of ether oxygens (including phenoxy) is 1. The molecule has 0 aliphatic heterocycles. The van der Waals surface area contributed by atoms with Crippen LogP contribution in [-0.4, -0.2) is 18.4 Å². The topological polar surface area (TPSA) is 43.4 Å². The lowest BCUT2D eigenvalue weighted by molar-refractivity contribution is -0.147. The summed E-state index contributed by atoms with van der Waals surface area (Å²) in [5, 5.41) is 0. The fraction of sp³-hybridized carbons (Fsp3) is 0.579. The zero-order chi connectivity index (χ0) is 16.0. The molecule has 23 heavy (non-hydrogen) atoms. The molecule has 0 aromatic heterocycles. The van der Waals surface area contributed by atoms with Gasteiger partial charge in [0.15, 0.2) is 12.4 Å². The van der Waals surface area contributed by atoms with Crippen molar-refractivity contribution in [2.24, 2.45) is 23.2 Å². The number of ketones is 1. The van der Waals surface area contributed by atoms with E-state index in [1.54, 1.807) is 12.1 Å². The number of hydrogen-bond acceptors (Lipinski definition) is 3. The Kier molecular flexibility index (Phi) is 3.98. The van der Waals surface area contributed by atoms with Crippen LogP contribution in [0.25, 0.3) is 0 Å². The van der Waals surface area contributed by atoms with Crippen molar-refractivity contribution in [3.63, 3.8) is 0 Å². The van der Waals surface area contributed by atoms with Crippen molar-refractivity contribution in [2.75, 3.05) is 6.61 Å². The molecule has 4 saturated carbocycles. The first-order chi connectivity index (χ1) is 11.0. The smallest absolute Gasteiger partial charge is 0.338 e. The van der Waals surface area contributed by atoms with Crippen LogP contribution in [0.4, 0.5) is 0 Å². The minimum absolute atomic E-state index is 0.0591. The molecule has 0 N–H and O–H groups in total. The number of Topliss-reactive ketones (excluding diaryl/α,β-unsaturated/α-hetero) is 1. The Morgan fingerprint density at radius 1 is 1.09 bits per heavy atom. The molecule has 0 atom stereocenters. The van der Waals surface area contributed by atoms with Gasteiger partial charge >= 0.3 is 5.97 Å². The standard InChI is InChI=1S/C19H21IO3/c20-16-3-1-2-15(7-16)18(22)23-11-17(21)19-8-12-4-13(9-19)6-14(5-12)10-19/h1-3,7,12-14H,4-6,8-11H2. The van der Waals surface area contributed by atoms with Gasteiger partial charge in [-0.3, -0.25) is 4.79 Å². The highest BCUT2D eigenvalue weighted by molar-refractivity contribution is 14.1. The molecular formula is C19H21IO3. The summed E-state index contributed by atoms with van der Waals surface area (Å²) in [5.74, 6) is 1.97. The molecule has 5 rings (SSSR count). The van der Waals surface area contributed by atoms with Crippen LogP contribution < -0.4 is 0 Å². The van der Waals surface area contributed by atoms with Crippen molar-refractivity contribution in [1.82, 2.24) is 0 Å². The van der Waals surface area contributed by atoms with Gasteiger partial charge in [-0.1, -0.05) is 6.07 Å². The SMILES string of the molecule is O=C(OCC(=O)C12CC3CC(CC(C3)C1)C2)c1cccc(I)c1. The quantitative estimate of drug-likeness (QED) is 0.537.